The van der Waals surface area contributed by atoms with E-state index in [0.29, 0.717) is 22.3 Å². The Labute approximate surface area is 151 Å². The Balaban J connectivity index is 1.69. The number of nitro benzene ring substituents is 1. The molecule has 26 heavy (non-hydrogen) atoms. The first-order chi connectivity index (χ1) is 12.5. The molecule has 3 rings (SSSR count). The summed E-state index contributed by atoms with van der Waals surface area (Å²) in [7, 11) is 0. The summed E-state index contributed by atoms with van der Waals surface area (Å²) in [6.07, 6.45) is 0. The van der Waals surface area contributed by atoms with Crippen LogP contribution in [0.3, 0.4) is 0 Å². The fraction of sp³-hybridized carbons (Fsp3) is 0.125. The van der Waals surface area contributed by atoms with Gasteiger partial charge in [0.25, 0.3) is 11.6 Å². The van der Waals surface area contributed by atoms with E-state index in [2.05, 4.69) is 14.1 Å². The third-order valence-corrected chi connectivity index (χ3v) is 4.08. The van der Waals surface area contributed by atoms with Crippen molar-refractivity contribution >= 4 is 46.0 Å². The number of carbonyl (C=O) groups excluding carboxylic acids is 2. The Morgan fingerprint density at radius 2 is 2.00 bits per heavy atom. The number of aryl methyl sites for hydroxylation is 1. The minimum absolute atomic E-state index is 0.200. The third kappa shape index (κ3) is 3.49. The Kier molecular flexibility index (Phi) is 4.85. The molecule has 10 heteroatoms. The number of nitro groups is 1. The number of nitrogens with zero attached hydrogens (tertiary/aromatic N) is 3. The van der Waals surface area contributed by atoms with Crippen LogP contribution in [0.4, 0.5) is 11.4 Å². The normalized spacial score (nSPS) is 10.5. The minimum Gasteiger partial charge on any atom is -0.452 e. The number of carbonyl (C=O) groups is 2. The summed E-state index contributed by atoms with van der Waals surface area (Å²) in [5, 5.41) is 13.7. The van der Waals surface area contributed by atoms with Crippen LogP contribution in [0.15, 0.2) is 36.4 Å². The molecular weight excluding hydrogens is 360 g/mol. The molecular formula is C16H12N4O5S. The monoisotopic (exact) mass is 372 g/mol. The molecule has 0 aliphatic carbocycles. The number of benzene rings is 2. The number of nitrogens with one attached hydrogen (secondary N) is 1. The second-order valence-corrected chi connectivity index (χ2v) is 5.82. The highest BCUT2D eigenvalue weighted by Gasteiger charge is 2.24. The minimum atomic E-state index is -0.941. The van der Waals surface area contributed by atoms with Gasteiger partial charge in [0.2, 0.25) is 0 Å². The molecule has 1 aromatic heterocycles. The predicted octanol–water partition coefficient (Wildman–Crippen LogP) is 2.70. The van der Waals surface area contributed by atoms with Crippen LogP contribution in [-0.4, -0.2) is 32.2 Å². The van der Waals surface area contributed by atoms with Crippen LogP contribution in [0.2, 0.25) is 0 Å². The number of hydrogen-bond donors (Lipinski definition) is 1. The SMILES string of the molecule is Cc1cccc(C(=O)OCC(=O)Nc2cccc3nsnc23)c1[N+](=O)[O-]. The molecule has 9 nitrogen and oxygen atoms in total. The van der Waals surface area contributed by atoms with Gasteiger partial charge < -0.3 is 10.1 Å². The number of rotatable bonds is 5. The maximum Gasteiger partial charge on any atom is 0.345 e. The average Bonchev–Trinajstić information content (AvgIpc) is 3.09. The molecule has 0 saturated heterocycles. The van der Waals surface area contributed by atoms with Crippen molar-refractivity contribution in [2.24, 2.45) is 0 Å². The lowest BCUT2D eigenvalue weighted by molar-refractivity contribution is -0.385. The summed E-state index contributed by atoms with van der Waals surface area (Å²) in [5.74, 6) is -1.53. The van der Waals surface area contributed by atoms with E-state index in [-0.39, 0.29) is 11.3 Å². The fourth-order valence-corrected chi connectivity index (χ4v) is 2.92. The molecule has 0 unspecified atom stereocenters. The fourth-order valence-electron chi connectivity index (χ4n) is 2.37. The number of ether oxygens (including phenoxy) is 1. The molecule has 1 N–H and O–H groups in total. The Morgan fingerprint density at radius 3 is 2.77 bits per heavy atom. The molecule has 0 aliphatic heterocycles. The van der Waals surface area contributed by atoms with Crippen LogP contribution in [-0.2, 0) is 9.53 Å². The lowest BCUT2D eigenvalue weighted by Gasteiger charge is -2.08. The summed E-state index contributed by atoms with van der Waals surface area (Å²) in [5.41, 5.74) is 1.41. The summed E-state index contributed by atoms with van der Waals surface area (Å²) >= 11 is 1.01. The maximum atomic E-state index is 12.1. The van der Waals surface area contributed by atoms with Crippen molar-refractivity contribution in [1.29, 1.82) is 0 Å². The van der Waals surface area contributed by atoms with Crippen molar-refractivity contribution in [1.82, 2.24) is 8.75 Å². The van der Waals surface area contributed by atoms with Gasteiger partial charge in [0, 0.05) is 5.56 Å². The van der Waals surface area contributed by atoms with Crippen LogP contribution in [0.25, 0.3) is 11.0 Å². The largest absolute Gasteiger partial charge is 0.452 e. The summed E-state index contributed by atoms with van der Waals surface area (Å²) in [4.78, 5) is 34.6. The number of hydrogen-bond acceptors (Lipinski definition) is 8. The number of anilines is 1. The Morgan fingerprint density at radius 1 is 1.23 bits per heavy atom. The molecule has 0 spiro atoms. The molecule has 3 aromatic rings. The smallest absolute Gasteiger partial charge is 0.345 e. The second-order valence-electron chi connectivity index (χ2n) is 5.29. The zero-order chi connectivity index (χ0) is 18.7. The molecule has 132 valence electrons. The Hall–Kier alpha value is -3.40. The Bertz CT molecular complexity index is 1020. The molecule has 0 fully saturated rings. The van der Waals surface area contributed by atoms with Crippen LogP contribution in [0, 0.1) is 17.0 Å². The van der Waals surface area contributed by atoms with Gasteiger partial charge in [-0.25, -0.2) is 4.79 Å². The van der Waals surface area contributed by atoms with Gasteiger partial charge in [-0.05, 0) is 25.1 Å². The van der Waals surface area contributed by atoms with Crippen LogP contribution in [0.1, 0.15) is 15.9 Å². The molecule has 1 amide bonds. The summed E-state index contributed by atoms with van der Waals surface area (Å²) in [6.45, 7) is 0.933. The lowest BCUT2D eigenvalue weighted by atomic mass is 10.1. The first kappa shape index (κ1) is 17.4. The van der Waals surface area contributed by atoms with Gasteiger partial charge in [-0.15, -0.1) is 0 Å². The van der Waals surface area contributed by atoms with Gasteiger partial charge in [-0.1, -0.05) is 18.2 Å². The van der Waals surface area contributed by atoms with Crippen molar-refractivity contribution in [3.63, 3.8) is 0 Å². The third-order valence-electron chi connectivity index (χ3n) is 3.53. The van der Waals surface area contributed by atoms with E-state index >= 15 is 0 Å². The van der Waals surface area contributed by atoms with Crippen molar-refractivity contribution in [2.45, 2.75) is 6.92 Å². The second kappa shape index (κ2) is 7.23. The number of fused-ring (bicyclic) bond motifs is 1. The van der Waals surface area contributed by atoms with E-state index in [0.717, 1.165) is 11.7 Å². The first-order valence-corrected chi connectivity index (χ1v) is 8.12. The summed E-state index contributed by atoms with van der Waals surface area (Å²) < 4.78 is 13.1. The average molecular weight is 372 g/mol. The van der Waals surface area contributed by atoms with E-state index in [1.54, 1.807) is 18.2 Å². The van der Waals surface area contributed by atoms with Crippen LogP contribution in [0.5, 0.6) is 0 Å². The van der Waals surface area contributed by atoms with Gasteiger partial charge in [-0.3, -0.25) is 14.9 Å². The van der Waals surface area contributed by atoms with Gasteiger partial charge in [0.15, 0.2) is 6.61 Å². The zero-order valence-electron chi connectivity index (χ0n) is 13.5. The van der Waals surface area contributed by atoms with E-state index < -0.39 is 23.4 Å². The van der Waals surface area contributed by atoms with Gasteiger partial charge >= 0.3 is 5.97 Å². The number of esters is 1. The molecule has 0 atom stereocenters. The van der Waals surface area contributed by atoms with Crippen molar-refractivity contribution in [2.75, 3.05) is 11.9 Å². The van der Waals surface area contributed by atoms with E-state index in [9.17, 15) is 19.7 Å². The van der Waals surface area contributed by atoms with Gasteiger partial charge in [-0.2, -0.15) is 8.75 Å². The predicted molar refractivity (Wildman–Crippen MR) is 94.2 cm³/mol. The molecule has 0 bridgehead atoms. The quantitative estimate of drug-likeness (QED) is 0.415. The van der Waals surface area contributed by atoms with Crippen LogP contribution >= 0.6 is 11.7 Å². The number of aromatic nitrogens is 2. The highest BCUT2D eigenvalue weighted by atomic mass is 32.1. The standard InChI is InChI=1S/C16H12N4O5S/c1-9-4-2-5-10(15(9)20(23)24)16(22)25-8-13(21)17-11-6-3-7-12-14(11)19-26-18-12/h2-7H,8H2,1H3,(H,17,21). The van der Waals surface area contributed by atoms with E-state index in [4.69, 9.17) is 4.74 Å². The van der Waals surface area contributed by atoms with Crippen LogP contribution < -0.4 is 5.32 Å². The molecule has 0 aliphatic rings. The molecule has 0 radical (unpaired) electrons. The highest BCUT2D eigenvalue weighted by molar-refractivity contribution is 7.00. The number of para-hydroxylation sites is 1. The molecule has 2 aromatic carbocycles. The first-order valence-electron chi connectivity index (χ1n) is 7.39. The van der Waals surface area contributed by atoms with Gasteiger partial charge in [0.1, 0.15) is 16.6 Å². The molecule has 1 heterocycles. The highest BCUT2D eigenvalue weighted by Crippen LogP contribution is 2.24. The summed E-state index contributed by atoms with van der Waals surface area (Å²) in [6, 6.07) is 9.42. The van der Waals surface area contributed by atoms with Gasteiger partial charge in [0.05, 0.1) is 22.3 Å². The van der Waals surface area contributed by atoms with Crippen molar-refractivity contribution < 1.29 is 19.2 Å². The van der Waals surface area contributed by atoms with E-state index in [1.807, 2.05) is 0 Å². The van der Waals surface area contributed by atoms with Crippen molar-refractivity contribution in [3.8, 4) is 0 Å². The lowest BCUT2D eigenvalue weighted by Crippen LogP contribution is -2.21. The van der Waals surface area contributed by atoms with Crippen molar-refractivity contribution in [3.05, 3.63) is 57.6 Å². The topological polar surface area (TPSA) is 124 Å². The zero-order valence-corrected chi connectivity index (χ0v) is 14.3. The molecule has 0 saturated carbocycles. The number of amides is 1. The maximum absolute atomic E-state index is 12.1. The van der Waals surface area contributed by atoms with E-state index in [1.165, 1.54) is 25.1 Å².